The van der Waals surface area contributed by atoms with E-state index in [2.05, 4.69) is 0 Å². The number of carbonyl (C=O) groups is 2. The molecule has 3 aromatic rings. The average Bonchev–Trinajstić information content (AvgIpc) is 3.18. The van der Waals surface area contributed by atoms with Crippen LogP contribution in [-0.4, -0.2) is 68.4 Å². The van der Waals surface area contributed by atoms with E-state index in [9.17, 15) is 23.1 Å². The van der Waals surface area contributed by atoms with E-state index in [4.69, 9.17) is 25.8 Å². The number of halogens is 1. The van der Waals surface area contributed by atoms with Crippen LogP contribution in [0.4, 0.5) is 10.5 Å². The van der Waals surface area contributed by atoms with Crippen LogP contribution in [0.2, 0.25) is 5.02 Å². The summed E-state index contributed by atoms with van der Waals surface area (Å²) in [5.41, 5.74) is 1.61. The summed E-state index contributed by atoms with van der Waals surface area (Å²) in [5.74, 6) is -0.201. The third-order valence-corrected chi connectivity index (χ3v) is 9.45. The highest BCUT2D eigenvalue weighted by atomic mass is 35.5. The van der Waals surface area contributed by atoms with Crippen molar-refractivity contribution in [3.8, 4) is 5.75 Å². The largest absolute Gasteiger partial charge is 0.482 e. The number of carbonyl (C=O) groups excluding carboxylic acids is 2. The summed E-state index contributed by atoms with van der Waals surface area (Å²) in [5, 5.41) is 11.7. The quantitative estimate of drug-likeness (QED) is 0.258. The summed E-state index contributed by atoms with van der Waals surface area (Å²) in [6, 6.07) is 17.7. The van der Waals surface area contributed by atoms with Crippen molar-refractivity contribution in [1.29, 1.82) is 0 Å². The lowest BCUT2D eigenvalue weighted by atomic mass is 10.0. The van der Waals surface area contributed by atoms with E-state index in [1.54, 1.807) is 94.4 Å². The van der Waals surface area contributed by atoms with E-state index in [-0.39, 0.29) is 44.0 Å². The first-order valence-corrected chi connectivity index (χ1v) is 16.9. The molecule has 0 saturated carbocycles. The lowest BCUT2D eigenvalue weighted by molar-refractivity contribution is -0.145. The van der Waals surface area contributed by atoms with Gasteiger partial charge in [0.2, 0.25) is 0 Å². The van der Waals surface area contributed by atoms with Crippen molar-refractivity contribution in [3.63, 3.8) is 0 Å². The van der Waals surface area contributed by atoms with Gasteiger partial charge in [-0.15, -0.1) is 0 Å². The van der Waals surface area contributed by atoms with Gasteiger partial charge in [-0.3, -0.25) is 4.31 Å². The molecule has 1 heterocycles. The molecule has 0 spiro atoms. The summed E-state index contributed by atoms with van der Waals surface area (Å²) >= 11 is 6.18. The van der Waals surface area contributed by atoms with E-state index in [0.717, 1.165) is 5.56 Å². The number of aliphatic hydroxyl groups excluding tert-OH is 1. The van der Waals surface area contributed by atoms with Gasteiger partial charge >= 0.3 is 12.1 Å². The van der Waals surface area contributed by atoms with E-state index < -0.39 is 39.8 Å². The van der Waals surface area contributed by atoms with Crippen molar-refractivity contribution < 1.29 is 37.3 Å². The maximum atomic E-state index is 14.1. The molecule has 0 radical (unpaired) electrons. The van der Waals surface area contributed by atoms with Gasteiger partial charge < -0.3 is 24.2 Å². The predicted octanol–water partition coefficient (Wildman–Crippen LogP) is 6.07. The third-order valence-electron chi connectivity index (χ3n) is 7.38. The standard InChI is InChI=1S/C34H41ClN2O8S/c1-6-43-32(39)22-44-28-12-15-30-25(20-28)19-27(16-17-37(30)46(41,42)29-13-10-23(2)11-14-29)36(33(40)45-34(3,4)5)21-31(38)24-8-7-9-26(35)18-24/h7-15,18,20,27,31,38H,6,16-17,19,21-22H2,1-5H3/t27?,31-/m0/s1. The molecule has 0 aliphatic carbocycles. The van der Waals surface area contributed by atoms with Gasteiger partial charge in [-0.2, -0.15) is 0 Å². The molecule has 0 fully saturated rings. The highest BCUT2D eigenvalue weighted by molar-refractivity contribution is 7.92. The van der Waals surface area contributed by atoms with Crippen molar-refractivity contribution >= 4 is 39.4 Å². The fraction of sp³-hybridized carbons (Fsp3) is 0.412. The molecule has 0 aromatic heterocycles. The minimum Gasteiger partial charge on any atom is -0.482 e. The number of ether oxygens (including phenoxy) is 3. The van der Waals surface area contributed by atoms with Gasteiger partial charge in [-0.1, -0.05) is 41.4 Å². The number of aryl methyl sites for hydroxylation is 1. The van der Waals surface area contributed by atoms with Crippen LogP contribution in [0, 0.1) is 6.92 Å². The molecule has 1 amide bonds. The fourth-order valence-corrected chi connectivity index (χ4v) is 6.91. The zero-order valence-corrected chi connectivity index (χ0v) is 28.3. The summed E-state index contributed by atoms with van der Waals surface area (Å²) in [4.78, 5) is 27.3. The minimum absolute atomic E-state index is 0.0451. The molecule has 1 unspecified atom stereocenters. The van der Waals surface area contributed by atoms with E-state index >= 15 is 0 Å². The van der Waals surface area contributed by atoms with Crippen LogP contribution in [0.1, 0.15) is 56.9 Å². The molecule has 0 bridgehead atoms. The van der Waals surface area contributed by atoms with Crippen LogP contribution in [0.25, 0.3) is 0 Å². The van der Waals surface area contributed by atoms with Crippen LogP contribution in [0.5, 0.6) is 5.75 Å². The van der Waals surface area contributed by atoms with Gasteiger partial charge in [0.1, 0.15) is 11.4 Å². The molecule has 10 nitrogen and oxygen atoms in total. The Bertz CT molecular complexity index is 1640. The van der Waals surface area contributed by atoms with Crippen molar-refractivity contribution in [2.75, 3.05) is 30.6 Å². The molecule has 3 aromatic carbocycles. The third kappa shape index (κ3) is 8.92. The van der Waals surface area contributed by atoms with Crippen LogP contribution in [-0.2, 0) is 30.7 Å². The number of aliphatic hydroxyl groups is 1. The topological polar surface area (TPSA) is 123 Å². The molecule has 2 atom stereocenters. The Morgan fingerprint density at radius 3 is 2.46 bits per heavy atom. The number of hydrogen-bond donors (Lipinski definition) is 1. The molecule has 1 aliphatic rings. The SMILES string of the molecule is CCOC(=O)COc1ccc2c(c1)CC(N(C[C@H](O)c1cccc(Cl)c1)C(=O)OC(C)(C)C)CCN2S(=O)(=O)c1ccc(C)cc1. The molecule has 1 N–H and O–H groups in total. The number of benzene rings is 3. The second-order valence-electron chi connectivity index (χ2n) is 12.1. The highest BCUT2D eigenvalue weighted by Gasteiger charge is 2.36. The summed E-state index contributed by atoms with van der Waals surface area (Å²) in [7, 11) is -4.01. The lowest BCUT2D eigenvalue weighted by Crippen LogP contribution is -2.47. The number of fused-ring (bicyclic) bond motifs is 1. The number of anilines is 1. The highest BCUT2D eigenvalue weighted by Crippen LogP contribution is 2.36. The Hall–Kier alpha value is -3.80. The monoisotopic (exact) mass is 672 g/mol. The number of amides is 1. The van der Waals surface area contributed by atoms with Crippen LogP contribution < -0.4 is 9.04 Å². The normalized spacial score (nSPS) is 15.7. The molecule has 0 saturated heterocycles. The Labute approximate surface area is 275 Å². The predicted molar refractivity (Wildman–Crippen MR) is 176 cm³/mol. The Morgan fingerprint density at radius 2 is 1.80 bits per heavy atom. The van der Waals surface area contributed by atoms with Gasteiger partial charge in [0, 0.05) is 17.6 Å². The summed E-state index contributed by atoms with van der Waals surface area (Å²) < 4.78 is 45.9. The fourth-order valence-electron chi connectivity index (χ4n) is 5.20. The zero-order valence-electron chi connectivity index (χ0n) is 26.7. The van der Waals surface area contributed by atoms with Gasteiger partial charge in [-0.05, 0) is 101 Å². The first-order chi connectivity index (χ1) is 21.7. The molecule has 46 heavy (non-hydrogen) atoms. The maximum absolute atomic E-state index is 14.1. The smallest absolute Gasteiger partial charge is 0.410 e. The van der Waals surface area contributed by atoms with Crippen LogP contribution in [0.15, 0.2) is 71.6 Å². The lowest BCUT2D eigenvalue weighted by Gasteiger charge is -2.34. The molecule has 4 rings (SSSR count). The first kappa shape index (κ1) is 35.1. The van der Waals surface area contributed by atoms with Gasteiger partial charge in [-0.25, -0.2) is 18.0 Å². The van der Waals surface area contributed by atoms with Gasteiger partial charge in [0.15, 0.2) is 6.61 Å². The van der Waals surface area contributed by atoms with Crippen molar-refractivity contribution in [1.82, 2.24) is 4.90 Å². The van der Waals surface area contributed by atoms with Crippen molar-refractivity contribution in [2.24, 2.45) is 0 Å². The molecular weight excluding hydrogens is 632 g/mol. The zero-order chi connectivity index (χ0) is 33.6. The number of sulfonamides is 1. The molecule has 1 aliphatic heterocycles. The molecular formula is C34H41ClN2O8S. The Balaban J connectivity index is 1.75. The Kier molecular flexibility index (Phi) is 11.2. The van der Waals surface area contributed by atoms with Gasteiger partial charge in [0.05, 0.1) is 29.8 Å². The minimum atomic E-state index is -4.01. The van der Waals surface area contributed by atoms with E-state index in [1.165, 1.54) is 9.21 Å². The molecule has 12 heteroatoms. The van der Waals surface area contributed by atoms with E-state index in [1.807, 2.05) is 6.92 Å². The van der Waals surface area contributed by atoms with Gasteiger partial charge in [0.25, 0.3) is 10.0 Å². The second kappa shape index (κ2) is 14.7. The van der Waals surface area contributed by atoms with Crippen molar-refractivity contribution in [3.05, 3.63) is 88.4 Å². The second-order valence-corrected chi connectivity index (χ2v) is 14.4. The maximum Gasteiger partial charge on any atom is 0.410 e. The Morgan fingerprint density at radius 1 is 1.09 bits per heavy atom. The number of esters is 1. The van der Waals surface area contributed by atoms with Crippen molar-refractivity contribution in [2.45, 2.75) is 70.1 Å². The van der Waals surface area contributed by atoms with E-state index in [0.29, 0.717) is 27.6 Å². The van der Waals surface area contributed by atoms with Crippen LogP contribution >= 0.6 is 11.6 Å². The first-order valence-electron chi connectivity index (χ1n) is 15.1. The number of hydrogen-bond acceptors (Lipinski definition) is 8. The average molecular weight is 673 g/mol. The number of rotatable bonds is 10. The summed E-state index contributed by atoms with van der Waals surface area (Å²) in [6.45, 7) is 8.64. The van der Waals surface area contributed by atoms with Crippen LogP contribution in [0.3, 0.4) is 0 Å². The number of nitrogens with zero attached hydrogens (tertiary/aromatic N) is 2. The molecule has 248 valence electrons. The summed E-state index contributed by atoms with van der Waals surface area (Å²) in [6.07, 6.45) is -1.29.